The van der Waals surface area contributed by atoms with Crippen molar-refractivity contribution in [1.82, 2.24) is 4.90 Å². The van der Waals surface area contributed by atoms with Crippen molar-refractivity contribution >= 4 is 15.7 Å². The molecule has 1 fully saturated rings. The monoisotopic (exact) mass is 482 g/mol. The molecule has 1 aliphatic rings. The van der Waals surface area contributed by atoms with Crippen molar-refractivity contribution in [2.75, 3.05) is 37.6 Å². The zero-order valence-corrected chi connectivity index (χ0v) is 20.5. The predicted octanol–water partition coefficient (Wildman–Crippen LogP) is 5.43. The average Bonchev–Trinajstić information content (AvgIpc) is 2.88. The van der Waals surface area contributed by atoms with Gasteiger partial charge in [0.05, 0.1) is 17.7 Å². The van der Waals surface area contributed by atoms with E-state index in [9.17, 15) is 12.8 Å². The summed E-state index contributed by atoms with van der Waals surface area (Å²) in [5.74, 6) is 0.411. The third-order valence-corrected chi connectivity index (χ3v) is 8.33. The van der Waals surface area contributed by atoms with Crippen LogP contribution in [-0.2, 0) is 10.0 Å². The first-order chi connectivity index (χ1) is 16.4. The van der Waals surface area contributed by atoms with Crippen molar-refractivity contribution in [3.63, 3.8) is 0 Å². The van der Waals surface area contributed by atoms with Gasteiger partial charge < -0.3 is 9.64 Å². The van der Waals surface area contributed by atoms with Crippen LogP contribution in [0, 0.1) is 11.7 Å². The molecule has 1 saturated heterocycles. The fourth-order valence-corrected chi connectivity index (χ4v) is 6.05. The van der Waals surface area contributed by atoms with E-state index in [1.807, 2.05) is 42.5 Å². The lowest BCUT2D eigenvalue weighted by Gasteiger charge is -2.35. The van der Waals surface area contributed by atoms with Crippen molar-refractivity contribution in [3.05, 3.63) is 78.6 Å². The van der Waals surface area contributed by atoms with Crippen molar-refractivity contribution in [1.29, 1.82) is 0 Å². The number of halogens is 1. The summed E-state index contributed by atoms with van der Waals surface area (Å²) in [5.41, 5.74) is 2.27. The molecule has 34 heavy (non-hydrogen) atoms. The highest BCUT2D eigenvalue weighted by atomic mass is 32.2. The SMILES string of the molecule is CCN1CCC(CN(c2ccc(OC)cc2-c2ccccc2)S(=O)(=O)c2ccc(F)cc2)CC1. The molecule has 1 aliphatic heterocycles. The second-order valence-corrected chi connectivity index (χ2v) is 10.5. The number of methoxy groups -OCH3 is 1. The number of sulfonamides is 1. The van der Waals surface area contributed by atoms with E-state index in [4.69, 9.17) is 4.74 Å². The smallest absolute Gasteiger partial charge is 0.264 e. The van der Waals surface area contributed by atoms with E-state index in [1.54, 1.807) is 13.2 Å². The summed E-state index contributed by atoms with van der Waals surface area (Å²) < 4.78 is 48.4. The fourth-order valence-electron chi connectivity index (χ4n) is 4.49. The van der Waals surface area contributed by atoms with Crippen LogP contribution in [0.4, 0.5) is 10.1 Å². The van der Waals surface area contributed by atoms with Gasteiger partial charge in [-0.05, 0) is 86.4 Å². The van der Waals surface area contributed by atoms with Crippen molar-refractivity contribution in [2.24, 2.45) is 5.92 Å². The Labute approximate surface area is 201 Å². The lowest BCUT2D eigenvalue weighted by atomic mass is 9.96. The number of nitrogens with zero attached hydrogens (tertiary/aromatic N) is 2. The molecule has 0 bridgehead atoms. The van der Waals surface area contributed by atoms with E-state index in [2.05, 4.69) is 11.8 Å². The summed E-state index contributed by atoms with van der Waals surface area (Å²) in [6.07, 6.45) is 1.86. The van der Waals surface area contributed by atoms with Crippen LogP contribution in [0.2, 0.25) is 0 Å². The van der Waals surface area contributed by atoms with E-state index in [1.165, 1.54) is 28.6 Å². The van der Waals surface area contributed by atoms with Crippen molar-refractivity contribution in [2.45, 2.75) is 24.7 Å². The molecule has 0 radical (unpaired) electrons. The number of hydrogen-bond donors (Lipinski definition) is 0. The lowest BCUT2D eigenvalue weighted by molar-refractivity contribution is 0.196. The number of ether oxygens (including phenoxy) is 1. The molecular weight excluding hydrogens is 451 g/mol. The Morgan fingerprint density at radius 1 is 1.00 bits per heavy atom. The normalized spacial score (nSPS) is 15.3. The summed E-state index contributed by atoms with van der Waals surface area (Å²) in [6, 6.07) is 20.2. The van der Waals surface area contributed by atoms with Gasteiger partial charge in [0.15, 0.2) is 0 Å². The van der Waals surface area contributed by atoms with Crippen molar-refractivity contribution < 1.29 is 17.5 Å². The standard InChI is InChI=1S/C27H31FN2O3S/c1-3-29-17-15-21(16-18-29)20-30(34(31,32)25-12-9-23(28)10-13-25)27-14-11-24(33-2)19-26(27)22-7-5-4-6-8-22/h4-14,19,21H,3,15-18,20H2,1-2H3. The van der Waals surface area contributed by atoms with E-state index >= 15 is 0 Å². The second-order valence-electron chi connectivity index (χ2n) is 8.62. The molecule has 180 valence electrons. The van der Waals surface area contributed by atoms with E-state index in [0.717, 1.165) is 43.6 Å². The lowest BCUT2D eigenvalue weighted by Crippen LogP contribution is -2.41. The molecule has 0 amide bonds. The zero-order valence-electron chi connectivity index (χ0n) is 19.7. The largest absolute Gasteiger partial charge is 0.497 e. The molecule has 4 rings (SSSR count). The number of benzene rings is 3. The topological polar surface area (TPSA) is 49.9 Å². The number of hydrogen-bond acceptors (Lipinski definition) is 4. The van der Waals surface area contributed by atoms with Crippen LogP contribution in [0.1, 0.15) is 19.8 Å². The molecule has 1 heterocycles. The molecule has 0 unspecified atom stereocenters. The predicted molar refractivity (Wildman–Crippen MR) is 134 cm³/mol. The summed E-state index contributed by atoms with van der Waals surface area (Å²) in [5, 5.41) is 0. The number of anilines is 1. The third-order valence-electron chi connectivity index (χ3n) is 6.54. The highest BCUT2D eigenvalue weighted by molar-refractivity contribution is 7.92. The minimum absolute atomic E-state index is 0.0784. The minimum atomic E-state index is -3.93. The fraction of sp³-hybridized carbons (Fsp3) is 0.333. The Morgan fingerprint density at radius 2 is 1.68 bits per heavy atom. The van der Waals surface area contributed by atoms with Crippen LogP contribution in [0.15, 0.2) is 77.7 Å². The number of likely N-dealkylation sites (tertiary alicyclic amines) is 1. The summed E-state index contributed by atoms with van der Waals surface area (Å²) in [4.78, 5) is 2.47. The van der Waals surface area contributed by atoms with E-state index in [0.29, 0.717) is 18.0 Å². The highest BCUT2D eigenvalue weighted by Gasteiger charge is 2.31. The first-order valence-electron chi connectivity index (χ1n) is 11.7. The van der Waals surface area contributed by atoms with Crippen LogP contribution in [0.3, 0.4) is 0 Å². The molecule has 0 spiro atoms. The Morgan fingerprint density at radius 3 is 2.29 bits per heavy atom. The molecule has 3 aromatic carbocycles. The maximum Gasteiger partial charge on any atom is 0.264 e. The first kappa shape index (κ1) is 24.2. The van der Waals surface area contributed by atoms with E-state index < -0.39 is 15.8 Å². The van der Waals surface area contributed by atoms with Gasteiger partial charge in [-0.2, -0.15) is 0 Å². The van der Waals surface area contributed by atoms with Gasteiger partial charge >= 0.3 is 0 Å². The van der Waals surface area contributed by atoms with Gasteiger partial charge in [0.2, 0.25) is 0 Å². The van der Waals surface area contributed by atoms with Gasteiger partial charge in [0.25, 0.3) is 10.0 Å². The molecule has 0 atom stereocenters. The molecule has 0 N–H and O–H groups in total. The molecule has 0 aromatic heterocycles. The maximum atomic E-state index is 13.9. The van der Waals surface area contributed by atoms with Gasteiger partial charge in [0.1, 0.15) is 11.6 Å². The summed E-state index contributed by atoms with van der Waals surface area (Å²) in [6.45, 7) is 5.43. The minimum Gasteiger partial charge on any atom is -0.497 e. The number of piperidine rings is 1. The molecule has 0 aliphatic carbocycles. The first-order valence-corrected chi connectivity index (χ1v) is 13.1. The van der Waals surface area contributed by atoms with Gasteiger partial charge in [-0.3, -0.25) is 4.31 Å². The van der Waals surface area contributed by atoms with Crippen LogP contribution in [0.5, 0.6) is 5.75 Å². The van der Waals surface area contributed by atoms with Gasteiger partial charge in [-0.25, -0.2) is 12.8 Å². The van der Waals surface area contributed by atoms with Crippen LogP contribution < -0.4 is 9.04 Å². The van der Waals surface area contributed by atoms with Gasteiger partial charge in [0, 0.05) is 12.1 Å². The summed E-state index contributed by atoms with van der Waals surface area (Å²) in [7, 11) is -2.33. The third kappa shape index (κ3) is 5.26. The molecule has 7 heteroatoms. The van der Waals surface area contributed by atoms with Crippen LogP contribution in [0.25, 0.3) is 11.1 Å². The second kappa shape index (κ2) is 10.6. The summed E-state index contributed by atoms with van der Waals surface area (Å²) >= 11 is 0. The van der Waals surface area contributed by atoms with Crippen molar-refractivity contribution in [3.8, 4) is 16.9 Å². The quantitative estimate of drug-likeness (QED) is 0.430. The highest BCUT2D eigenvalue weighted by Crippen LogP contribution is 2.38. The zero-order chi connectivity index (χ0) is 24.1. The molecule has 5 nitrogen and oxygen atoms in total. The van der Waals surface area contributed by atoms with Crippen LogP contribution in [-0.4, -0.2) is 46.6 Å². The Bertz CT molecular complexity index is 1190. The average molecular weight is 483 g/mol. The maximum absolute atomic E-state index is 13.9. The Hall–Kier alpha value is -2.90. The number of rotatable bonds is 8. The Kier molecular flexibility index (Phi) is 7.54. The van der Waals surface area contributed by atoms with Crippen LogP contribution >= 0.6 is 0 Å². The van der Waals surface area contributed by atoms with Gasteiger partial charge in [-0.1, -0.05) is 37.3 Å². The van der Waals surface area contributed by atoms with Gasteiger partial charge in [-0.15, -0.1) is 0 Å². The molecule has 0 saturated carbocycles. The van der Waals surface area contributed by atoms with E-state index in [-0.39, 0.29) is 10.8 Å². The molecule has 3 aromatic rings. The Balaban J connectivity index is 1.81. The molecular formula is C27H31FN2O3S.